The highest BCUT2D eigenvalue weighted by Gasteiger charge is 2.30. The Morgan fingerprint density at radius 3 is 2.81 bits per heavy atom. The van der Waals surface area contributed by atoms with E-state index in [0.29, 0.717) is 11.7 Å². The van der Waals surface area contributed by atoms with E-state index >= 15 is 0 Å². The van der Waals surface area contributed by atoms with Crippen molar-refractivity contribution in [1.29, 1.82) is 5.26 Å². The van der Waals surface area contributed by atoms with Crippen LogP contribution in [0.5, 0.6) is 0 Å². The van der Waals surface area contributed by atoms with E-state index in [1.165, 1.54) is 18.7 Å². The third-order valence-electron chi connectivity index (χ3n) is 5.66. The van der Waals surface area contributed by atoms with Crippen molar-refractivity contribution in [2.24, 2.45) is 0 Å². The molecule has 2 aromatic heterocycles. The van der Waals surface area contributed by atoms with Gasteiger partial charge in [-0.1, -0.05) is 0 Å². The van der Waals surface area contributed by atoms with Gasteiger partial charge in [0, 0.05) is 30.9 Å². The molecule has 1 saturated heterocycles. The van der Waals surface area contributed by atoms with Gasteiger partial charge in [-0.3, -0.25) is 4.98 Å². The highest BCUT2D eigenvalue weighted by molar-refractivity contribution is 5.66. The van der Waals surface area contributed by atoms with Gasteiger partial charge in [0.2, 0.25) is 0 Å². The maximum Gasteiger partial charge on any atom is 0.155 e. The van der Waals surface area contributed by atoms with Crippen molar-refractivity contribution in [2.45, 2.75) is 38.6 Å². The van der Waals surface area contributed by atoms with Crippen molar-refractivity contribution >= 4 is 5.82 Å². The van der Waals surface area contributed by atoms with Crippen LogP contribution in [0.25, 0.3) is 11.4 Å². The minimum Gasteiger partial charge on any atom is -0.351 e. The van der Waals surface area contributed by atoms with E-state index in [4.69, 9.17) is 5.26 Å². The first-order valence-electron chi connectivity index (χ1n) is 9.46. The molecule has 7 heteroatoms. The van der Waals surface area contributed by atoms with Crippen LogP contribution in [0.3, 0.4) is 0 Å². The van der Waals surface area contributed by atoms with Crippen LogP contribution in [-0.2, 0) is 6.42 Å². The predicted octanol–water partition coefficient (Wildman–Crippen LogP) is 2.70. The van der Waals surface area contributed by atoms with Crippen LogP contribution in [0.2, 0.25) is 0 Å². The van der Waals surface area contributed by atoms with Crippen LogP contribution in [-0.4, -0.2) is 52.8 Å². The first-order valence-corrected chi connectivity index (χ1v) is 9.46. The zero-order valence-corrected chi connectivity index (χ0v) is 15.7. The number of pyridine rings is 1. The summed E-state index contributed by atoms with van der Waals surface area (Å²) in [6.07, 6.45) is 5.71. The number of nitriles is 1. The second-order valence-electron chi connectivity index (χ2n) is 7.50. The van der Waals surface area contributed by atoms with Crippen molar-refractivity contribution in [1.82, 2.24) is 20.1 Å². The van der Waals surface area contributed by atoms with Crippen molar-refractivity contribution in [3.05, 3.63) is 34.8 Å². The van der Waals surface area contributed by atoms with E-state index in [2.05, 4.69) is 32.0 Å². The van der Waals surface area contributed by atoms with Crippen molar-refractivity contribution < 1.29 is 4.39 Å². The van der Waals surface area contributed by atoms with Crippen molar-refractivity contribution in [2.75, 3.05) is 31.6 Å². The maximum absolute atomic E-state index is 14.4. The molecule has 0 radical (unpaired) electrons. The topological polar surface area (TPSA) is 68.9 Å². The molecule has 1 atom stereocenters. The molecule has 1 fully saturated rings. The molecule has 1 unspecified atom stereocenters. The summed E-state index contributed by atoms with van der Waals surface area (Å²) in [7, 11) is 2.16. The van der Waals surface area contributed by atoms with Gasteiger partial charge >= 0.3 is 0 Å². The molecule has 2 aliphatic heterocycles. The van der Waals surface area contributed by atoms with E-state index in [0.717, 1.165) is 55.8 Å². The summed E-state index contributed by atoms with van der Waals surface area (Å²) in [6, 6.07) is 3.56. The normalized spacial score (nSPS) is 20.2. The lowest BCUT2D eigenvalue weighted by molar-refractivity contribution is 0.242. The molecule has 140 valence electrons. The van der Waals surface area contributed by atoms with E-state index in [1.807, 2.05) is 13.0 Å². The Bertz CT molecular complexity index is 906. The average molecular weight is 366 g/mol. The average Bonchev–Trinajstić information content (AvgIpc) is 2.68. The lowest BCUT2D eigenvalue weighted by atomic mass is 9.95. The Labute approximate surface area is 158 Å². The first-order chi connectivity index (χ1) is 13.1. The summed E-state index contributed by atoms with van der Waals surface area (Å²) >= 11 is 0. The van der Waals surface area contributed by atoms with Gasteiger partial charge in [0.25, 0.3) is 0 Å². The van der Waals surface area contributed by atoms with E-state index < -0.39 is 5.82 Å². The smallest absolute Gasteiger partial charge is 0.155 e. The number of hydrogen-bond acceptors (Lipinski definition) is 6. The van der Waals surface area contributed by atoms with E-state index in [-0.39, 0.29) is 11.3 Å². The van der Waals surface area contributed by atoms with Gasteiger partial charge in [0.15, 0.2) is 11.6 Å². The molecule has 0 bridgehead atoms. The van der Waals surface area contributed by atoms with Gasteiger partial charge in [-0.05, 0) is 57.8 Å². The summed E-state index contributed by atoms with van der Waals surface area (Å²) in [5.74, 6) is 0.407. The first kappa shape index (κ1) is 17.8. The molecule has 27 heavy (non-hydrogen) atoms. The van der Waals surface area contributed by atoms with Crippen LogP contribution < -0.4 is 4.90 Å². The quantitative estimate of drug-likeness (QED) is 0.814. The van der Waals surface area contributed by atoms with Gasteiger partial charge in [-0.15, -0.1) is 10.2 Å². The minimum absolute atomic E-state index is 0.163. The number of fused-ring (bicyclic) bond motifs is 1. The highest BCUT2D eigenvalue weighted by atomic mass is 19.1. The molecule has 0 N–H and O–H groups in total. The van der Waals surface area contributed by atoms with Gasteiger partial charge in [-0.2, -0.15) is 5.26 Å². The molecule has 0 spiro atoms. The maximum atomic E-state index is 14.4. The standard InChI is InChI=1S/C20H23FN6/c1-13-16-6-4-8-27(15-5-3-7-26(2)12-15)20(16)25-24-18(13)19-17(21)9-14(10-22)11-23-19/h9,11,15H,3-8,12H2,1-2H3. The highest BCUT2D eigenvalue weighted by Crippen LogP contribution is 2.34. The Balaban J connectivity index is 1.72. The number of anilines is 1. The molecule has 2 aromatic rings. The molecule has 0 amide bonds. The summed E-state index contributed by atoms with van der Waals surface area (Å²) < 4.78 is 14.4. The second kappa shape index (κ2) is 7.20. The fraction of sp³-hybridized carbons (Fsp3) is 0.500. The Morgan fingerprint density at radius 2 is 2.07 bits per heavy atom. The molecule has 6 nitrogen and oxygen atoms in total. The number of likely N-dealkylation sites (N-methyl/N-ethyl adjacent to an activating group) is 1. The minimum atomic E-state index is -0.534. The van der Waals surface area contributed by atoms with Crippen LogP contribution in [0.1, 0.15) is 36.0 Å². The molecular weight excluding hydrogens is 343 g/mol. The molecule has 2 aliphatic rings. The molecular formula is C20H23FN6. The summed E-state index contributed by atoms with van der Waals surface area (Å²) in [4.78, 5) is 8.89. The zero-order chi connectivity index (χ0) is 19.0. The molecule has 0 aromatic carbocycles. The lowest BCUT2D eigenvalue weighted by Gasteiger charge is -2.41. The number of piperidine rings is 1. The Hall–Kier alpha value is -2.59. The number of likely N-dealkylation sites (tertiary alicyclic amines) is 1. The van der Waals surface area contributed by atoms with E-state index in [1.54, 1.807) is 0 Å². The van der Waals surface area contributed by atoms with Crippen LogP contribution in [0, 0.1) is 24.1 Å². The van der Waals surface area contributed by atoms with Crippen LogP contribution in [0.15, 0.2) is 12.3 Å². The predicted molar refractivity (Wildman–Crippen MR) is 101 cm³/mol. The van der Waals surface area contributed by atoms with E-state index in [9.17, 15) is 4.39 Å². The third-order valence-corrected chi connectivity index (χ3v) is 5.66. The van der Waals surface area contributed by atoms with Crippen molar-refractivity contribution in [3.8, 4) is 17.5 Å². The monoisotopic (exact) mass is 366 g/mol. The number of halogens is 1. The van der Waals surface area contributed by atoms with Crippen LogP contribution >= 0.6 is 0 Å². The second-order valence-corrected chi connectivity index (χ2v) is 7.50. The Morgan fingerprint density at radius 1 is 1.22 bits per heavy atom. The van der Waals surface area contributed by atoms with Gasteiger partial charge < -0.3 is 9.80 Å². The van der Waals surface area contributed by atoms with Gasteiger partial charge in [0.1, 0.15) is 17.5 Å². The van der Waals surface area contributed by atoms with Crippen LogP contribution in [0.4, 0.5) is 10.2 Å². The third kappa shape index (κ3) is 3.26. The fourth-order valence-corrected chi connectivity index (χ4v) is 4.25. The number of nitrogens with zero attached hydrogens (tertiary/aromatic N) is 6. The SMILES string of the molecule is Cc1c(-c2ncc(C#N)cc2F)nnc2c1CCCN2C1CCCN(C)C1. The summed E-state index contributed by atoms with van der Waals surface area (Å²) in [6.45, 7) is 5.14. The van der Waals surface area contributed by atoms with Gasteiger partial charge in [0.05, 0.1) is 5.56 Å². The number of aromatic nitrogens is 3. The molecule has 0 aliphatic carbocycles. The number of rotatable bonds is 2. The van der Waals surface area contributed by atoms with Gasteiger partial charge in [-0.25, -0.2) is 4.39 Å². The Kier molecular flexibility index (Phi) is 4.75. The van der Waals surface area contributed by atoms with Crippen molar-refractivity contribution in [3.63, 3.8) is 0 Å². The molecule has 0 saturated carbocycles. The lowest BCUT2D eigenvalue weighted by Crippen LogP contribution is -2.49. The fourth-order valence-electron chi connectivity index (χ4n) is 4.25. The summed E-state index contributed by atoms with van der Waals surface area (Å²) in [5, 5.41) is 17.8. The zero-order valence-electron chi connectivity index (χ0n) is 15.7. The summed E-state index contributed by atoms with van der Waals surface area (Å²) in [5.41, 5.74) is 2.91. The molecule has 4 heterocycles. The molecule has 4 rings (SSSR count). The largest absolute Gasteiger partial charge is 0.351 e. The number of hydrogen-bond donors (Lipinski definition) is 0.